The number of methoxy groups -OCH3 is 1. The van der Waals surface area contributed by atoms with Gasteiger partial charge in [-0.3, -0.25) is 0 Å². The fourth-order valence-corrected chi connectivity index (χ4v) is 4.50. The molecule has 5 rings (SSSR count). The molecule has 37 heavy (non-hydrogen) atoms. The molecule has 9 heteroatoms. The fourth-order valence-electron chi connectivity index (χ4n) is 4.50. The lowest BCUT2D eigenvalue weighted by Crippen LogP contribution is -2.28. The van der Waals surface area contributed by atoms with Gasteiger partial charge in [0.15, 0.2) is 0 Å². The number of nitriles is 1. The fraction of sp³-hybridized carbons (Fsp3) is 0.321. The van der Waals surface area contributed by atoms with Crippen molar-refractivity contribution in [3.05, 3.63) is 54.4 Å². The maximum atomic E-state index is 10.8. The van der Waals surface area contributed by atoms with Crippen LogP contribution in [0.15, 0.2) is 48.8 Å². The van der Waals surface area contributed by atoms with E-state index in [1.807, 2.05) is 38.2 Å². The van der Waals surface area contributed by atoms with E-state index in [1.165, 1.54) is 6.20 Å². The molecule has 0 saturated heterocycles. The van der Waals surface area contributed by atoms with E-state index in [2.05, 4.69) is 44.2 Å². The van der Waals surface area contributed by atoms with Crippen molar-refractivity contribution in [2.45, 2.75) is 18.9 Å². The summed E-state index contributed by atoms with van der Waals surface area (Å²) in [5.41, 5.74) is 4.20. The van der Waals surface area contributed by atoms with Crippen LogP contribution in [-0.2, 0) is 0 Å². The molecule has 0 radical (unpaired) electrons. The van der Waals surface area contributed by atoms with Crippen LogP contribution in [-0.4, -0.2) is 65.9 Å². The van der Waals surface area contributed by atoms with Crippen molar-refractivity contribution >= 4 is 28.2 Å². The lowest BCUT2D eigenvalue weighted by atomic mass is 10.1. The van der Waals surface area contributed by atoms with E-state index < -0.39 is 0 Å². The molecule has 1 aliphatic carbocycles. The number of phenolic OH excluding ortho intramolecular Hbond substituents is 1. The van der Waals surface area contributed by atoms with Crippen LogP contribution >= 0.6 is 0 Å². The molecule has 0 spiro atoms. The van der Waals surface area contributed by atoms with Gasteiger partial charge in [0, 0.05) is 61.0 Å². The van der Waals surface area contributed by atoms with Crippen molar-refractivity contribution in [1.82, 2.24) is 19.4 Å². The van der Waals surface area contributed by atoms with E-state index in [-0.39, 0.29) is 5.75 Å². The molecule has 2 N–H and O–H groups in total. The summed E-state index contributed by atoms with van der Waals surface area (Å²) in [4.78, 5) is 13.2. The van der Waals surface area contributed by atoms with Gasteiger partial charge >= 0.3 is 0 Å². The summed E-state index contributed by atoms with van der Waals surface area (Å²) >= 11 is 0. The second-order valence-electron chi connectivity index (χ2n) is 9.66. The maximum absolute atomic E-state index is 10.8. The topological polar surface area (TPSA) is 102 Å². The van der Waals surface area contributed by atoms with Crippen LogP contribution in [0.4, 0.5) is 17.3 Å². The molecule has 0 unspecified atom stereocenters. The molecule has 2 aromatic carbocycles. The number of benzene rings is 2. The predicted octanol–water partition coefficient (Wildman–Crippen LogP) is 4.76. The minimum absolute atomic E-state index is 0.117. The van der Waals surface area contributed by atoms with Gasteiger partial charge in [0.25, 0.3) is 0 Å². The van der Waals surface area contributed by atoms with Crippen molar-refractivity contribution in [3.8, 4) is 28.8 Å². The lowest BCUT2D eigenvalue weighted by Gasteiger charge is -2.24. The summed E-state index contributed by atoms with van der Waals surface area (Å²) in [5.74, 6) is 0.971. The monoisotopic (exact) mass is 497 g/mol. The Kier molecular flexibility index (Phi) is 6.59. The Balaban J connectivity index is 1.51. The first kappa shape index (κ1) is 24.4. The second kappa shape index (κ2) is 9.99. The molecule has 9 nitrogen and oxygen atoms in total. The average molecular weight is 498 g/mol. The van der Waals surface area contributed by atoms with Gasteiger partial charge in [0.1, 0.15) is 17.6 Å². The van der Waals surface area contributed by atoms with E-state index in [0.29, 0.717) is 40.4 Å². The first-order valence-corrected chi connectivity index (χ1v) is 12.3. The van der Waals surface area contributed by atoms with Crippen LogP contribution in [0.3, 0.4) is 0 Å². The molecule has 2 heterocycles. The van der Waals surface area contributed by atoms with E-state index in [1.54, 1.807) is 19.2 Å². The number of para-hydroxylation sites is 1. The first-order chi connectivity index (χ1) is 17.9. The third kappa shape index (κ3) is 4.88. The van der Waals surface area contributed by atoms with E-state index >= 15 is 0 Å². The molecular formula is C28H31N7O2. The third-order valence-electron chi connectivity index (χ3n) is 6.68. The number of hydrogen-bond donors (Lipinski definition) is 2. The number of likely N-dealkylation sites (N-methyl/N-ethyl adjacent to an activating group) is 2. The van der Waals surface area contributed by atoms with Gasteiger partial charge in [-0.2, -0.15) is 5.26 Å². The van der Waals surface area contributed by atoms with Gasteiger partial charge in [-0.15, -0.1) is 0 Å². The normalized spacial score (nSPS) is 13.1. The van der Waals surface area contributed by atoms with Crippen molar-refractivity contribution in [1.29, 1.82) is 5.26 Å². The molecule has 4 aromatic rings. The number of nitrogens with one attached hydrogen (secondary N) is 1. The van der Waals surface area contributed by atoms with Gasteiger partial charge in [-0.25, -0.2) is 9.97 Å². The minimum atomic E-state index is 0.117. The molecule has 1 fully saturated rings. The summed E-state index contributed by atoms with van der Waals surface area (Å²) in [7, 11) is 7.53. The summed E-state index contributed by atoms with van der Waals surface area (Å²) in [5, 5.41) is 24.8. The van der Waals surface area contributed by atoms with Crippen molar-refractivity contribution in [2.24, 2.45) is 0 Å². The summed E-state index contributed by atoms with van der Waals surface area (Å²) in [6, 6.07) is 14.3. The highest BCUT2D eigenvalue weighted by molar-refractivity contribution is 5.96. The summed E-state index contributed by atoms with van der Waals surface area (Å²) < 4.78 is 7.91. The standard InChI is InChI=1S/C28H31N7O2/c1-33(2)11-12-34(3)24-14-26(37-4)22(13-25(24)36)31-28-30-16-18(15-29)27(32-28)21-17-35(19-9-10-19)23-8-6-5-7-20(21)23/h5-8,13-14,16-17,19,36H,9-12H2,1-4H3,(H,30,31,32). The van der Waals surface area contributed by atoms with Crippen LogP contribution < -0.4 is 15.0 Å². The Morgan fingerprint density at radius 2 is 1.97 bits per heavy atom. The number of nitrogens with zero attached hydrogens (tertiary/aromatic N) is 6. The molecule has 2 aromatic heterocycles. The van der Waals surface area contributed by atoms with E-state index in [0.717, 1.165) is 42.4 Å². The highest BCUT2D eigenvalue weighted by Gasteiger charge is 2.27. The number of fused-ring (bicyclic) bond motifs is 1. The number of phenols is 1. The van der Waals surface area contributed by atoms with Crippen LogP contribution in [0.2, 0.25) is 0 Å². The molecule has 190 valence electrons. The number of anilines is 3. The van der Waals surface area contributed by atoms with Crippen molar-refractivity contribution < 1.29 is 9.84 Å². The molecular weight excluding hydrogens is 466 g/mol. The summed E-state index contributed by atoms with van der Waals surface area (Å²) in [6.45, 7) is 1.59. The van der Waals surface area contributed by atoms with Crippen LogP contribution in [0.1, 0.15) is 24.4 Å². The van der Waals surface area contributed by atoms with Gasteiger partial charge in [-0.1, -0.05) is 18.2 Å². The molecule has 1 aliphatic rings. The highest BCUT2D eigenvalue weighted by atomic mass is 16.5. The molecule has 0 aliphatic heterocycles. The number of hydrogen-bond acceptors (Lipinski definition) is 8. The Bertz CT molecular complexity index is 1480. The Hall–Kier alpha value is -4.29. The smallest absolute Gasteiger partial charge is 0.227 e. The maximum Gasteiger partial charge on any atom is 0.227 e. The van der Waals surface area contributed by atoms with Gasteiger partial charge in [0.05, 0.1) is 35.9 Å². The van der Waals surface area contributed by atoms with Crippen LogP contribution in [0.25, 0.3) is 22.2 Å². The van der Waals surface area contributed by atoms with E-state index in [4.69, 9.17) is 9.72 Å². The predicted molar refractivity (Wildman–Crippen MR) is 146 cm³/mol. The quantitative estimate of drug-likeness (QED) is 0.341. The number of rotatable bonds is 9. The molecule has 0 atom stereocenters. The highest BCUT2D eigenvalue weighted by Crippen LogP contribution is 2.42. The van der Waals surface area contributed by atoms with Crippen LogP contribution in [0.5, 0.6) is 11.5 Å². The van der Waals surface area contributed by atoms with Crippen molar-refractivity contribution in [3.63, 3.8) is 0 Å². The van der Waals surface area contributed by atoms with Gasteiger partial charge < -0.3 is 29.5 Å². The Morgan fingerprint density at radius 3 is 2.68 bits per heavy atom. The third-order valence-corrected chi connectivity index (χ3v) is 6.68. The first-order valence-electron chi connectivity index (χ1n) is 12.3. The summed E-state index contributed by atoms with van der Waals surface area (Å²) in [6.07, 6.45) is 5.94. The molecule has 0 amide bonds. The minimum Gasteiger partial charge on any atom is -0.506 e. The Labute approximate surface area is 216 Å². The van der Waals surface area contributed by atoms with Gasteiger partial charge in [0.2, 0.25) is 5.95 Å². The number of aromatic nitrogens is 3. The number of aromatic hydroxyl groups is 1. The second-order valence-corrected chi connectivity index (χ2v) is 9.66. The lowest BCUT2D eigenvalue weighted by molar-refractivity contribution is 0.410. The molecule has 1 saturated carbocycles. The number of ether oxygens (including phenoxy) is 1. The molecule has 0 bridgehead atoms. The van der Waals surface area contributed by atoms with E-state index in [9.17, 15) is 10.4 Å². The zero-order valence-electron chi connectivity index (χ0n) is 21.6. The van der Waals surface area contributed by atoms with Crippen LogP contribution in [0, 0.1) is 11.3 Å². The SMILES string of the molecule is COc1cc(N(C)CCN(C)C)c(O)cc1Nc1ncc(C#N)c(-c2cn(C3CC3)c3ccccc23)n1. The Morgan fingerprint density at radius 1 is 1.19 bits per heavy atom. The average Bonchev–Trinajstić information content (AvgIpc) is 3.67. The largest absolute Gasteiger partial charge is 0.506 e. The zero-order valence-corrected chi connectivity index (χ0v) is 21.6. The van der Waals surface area contributed by atoms with Gasteiger partial charge in [-0.05, 0) is 33.0 Å². The zero-order chi connectivity index (χ0) is 26.1. The van der Waals surface area contributed by atoms with Crippen molar-refractivity contribution in [2.75, 3.05) is 51.6 Å².